The number of ether oxygens (including phenoxy) is 1. The molecule has 5 rings (SSSR count). The first-order valence-electron chi connectivity index (χ1n) is 10.7. The lowest BCUT2D eigenvalue weighted by Gasteiger charge is -2.36. The first kappa shape index (κ1) is 21.3. The van der Waals surface area contributed by atoms with Crippen molar-refractivity contribution in [1.82, 2.24) is 9.21 Å². The fourth-order valence-corrected chi connectivity index (χ4v) is 6.71. The summed E-state index contributed by atoms with van der Waals surface area (Å²) in [6.07, 6.45) is 0.825. The quantitative estimate of drug-likeness (QED) is 0.587. The molecular formula is C24H24N2O4S2. The molecule has 1 fully saturated rings. The molecule has 166 valence electrons. The number of sulfonamides is 1. The van der Waals surface area contributed by atoms with Crippen molar-refractivity contribution >= 4 is 27.3 Å². The predicted molar refractivity (Wildman–Crippen MR) is 123 cm³/mol. The van der Waals surface area contributed by atoms with Gasteiger partial charge in [0.25, 0.3) is 5.91 Å². The van der Waals surface area contributed by atoms with E-state index in [1.54, 1.807) is 23.5 Å². The third-order valence-corrected chi connectivity index (χ3v) is 8.96. The Balaban J connectivity index is 1.43. The molecule has 0 radical (unpaired) electrons. The Hall–Kier alpha value is -2.52. The number of nitrogens with zero attached hydrogens (tertiary/aromatic N) is 2. The molecule has 0 saturated carbocycles. The minimum Gasteiger partial charge on any atom is -0.379 e. The Morgan fingerprint density at radius 2 is 1.66 bits per heavy atom. The van der Waals surface area contributed by atoms with Gasteiger partial charge in [-0.05, 0) is 53.3 Å². The average molecular weight is 469 g/mol. The van der Waals surface area contributed by atoms with E-state index in [1.807, 2.05) is 23.1 Å². The molecule has 32 heavy (non-hydrogen) atoms. The van der Waals surface area contributed by atoms with Gasteiger partial charge in [0, 0.05) is 30.1 Å². The second-order valence-corrected chi connectivity index (χ2v) is 10.8. The number of benzene rings is 2. The van der Waals surface area contributed by atoms with Gasteiger partial charge in [0.1, 0.15) is 0 Å². The summed E-state index contributed by atoms with van der Waals surface area (Å²) < 4.78 is 32.5. The Kier molecular flexibility index (Phi) is 5.86. The van der Waals surface area contributed by atoms with Gasteiger partial charge < -0.3 is 9.64 Å². The molecule has 3 heterocycles. The second-order valence-electron chi connectivity index (χ2n) is 7.90. The molecule has 1 atom stereocenters. The van der Waals surface area contributed by atoms with Crippen LogP contribution in [0.25, 0.3) is 0 Å². The molecule has 1 saturated heterocycles. The fourth-order valence-electron chi connectivity index (χ4n) is 4.40. The van der Waals surface area contributed by atoms with Crippen LogP contribution >= 0.6 is 11.3 Å². The van der Waals surface area contributed by atoms with Gasteiger partial charge in [0.2, 0.25) is 10.0 Å². The van der Waals surface area contributed by atoms with Gasteiger partial charge in [-0.2, -0.15) is 4.31 Å². The summed E-state index contributed by atoms with van der Waals surface area (Å²) in [6, 6.07) is 18.3. The highest BCUT2D eigenvalue weighted by atomic mass is 32.2. The van der Waals surface area contributed by atoms with Crippen molar-refractivity contribution in [3.8, 4) is 0 Å². The zero-order valence-electron chi connectivity index (χ0n) is 17.5. The normalized spacial score (nSPS) is 19.5. The summed E-state index contributed by atoms with van der Waals surface area (Å²) in [4.78, 5) is 16.9. The van der Waals surface area contributed by atoms with E-state index in [1.165, 1.54) is 26.9 Å². The summed E-state index contributed by atoms with van der Waals surface area (Å²) in [5.41, 5.74) is 2.74. The van der Waals surface area contributed by atoms with Crippen LogP contribution in [0.15, 0.2) is 70.9 Å². The third kappa shape index (κ3) is 3.88. The van der Waals surface area contributed by atoms with Crippen molar-refractivity contribution in [3.63, 3.8) is 0 Å². The lowest BCUT2D eigenvalue weighted by Crippen LogP contribution is -2.41. The maximum absolute atomic E-state index is 13.5. The molecule has 0 spiro atoms. The van der Waals surface area contributed by atoms with Crippen LogP contribution in [0.1, 0.15) is 32.4 Å². The van der Waals surface area contributed by atoms with E-state index in [0.717, 1.165) is 12.0 Å². The van der Waals surface area contributed by atoms with Crippen LogP contribution in [0, 0.1) is 0 Å². The number of morpholine rings is 1. The Labute approximate surface area is 192 Å². The van der Waals surface area contributed by atoms with Crippen LogP contribution in [0.4, 0.5) is 0 Å². The highest BCUT2D eigenvalue weighted by Gasteiger charge is 2.33. The van der Waals surface area contributed by atoms with E-state index in [9.17, 15) is 13.2 Å². The van der Waals surface area contributed by atoms with Crippen LogP contribution in [0.3, 0.4) is 0 Å². The van der Waals surface area contributed by atoms with Gasteiger partial charge >= 0.3 is 0 Å². The van der Waals surface area contributed by atoms with Gasteiger partial charge in [-0.15, -0.1) is 11.3 Å². The van der Waals surface area contributed by atoms with Gasteiger partial charge in [-0.3, -0.25) is 4.79 Å². The smallest absolute Gasteiger partial charge is 0.254 e. The monoisotopic (exact) mass is 468 g/mol. The van der Waals surface area contributed by atoms with Crippen LogP contribution in [-0.4, -0.2) is 56.4 Å². The highest BCUT2D eigenvalue weighted by molar-refractivity contribution is 7.89. The number of amides is 1. The first-order chi connectivity index (χ1) is 15.6. The van der Waals surface area contributed by atoms with Crippen LogP contribution < -0.4 is 0 Å². The third-order valence-electron chi connectivity index (χ3n) is 6.05. The minimum atomic E-state index is -3.59. The number of carbonyl (C=O) groups is 1. The highest BCUT2D eigenvalue weighted by Crippen LogP contribution is 2.38. The van der Waals surface area contributed by atoms with Crippen LogP contribution in [0.2, 0.25) is 0 Å². The number of hydrogen-bond donors (Lipinski definition) is 0. The van der Waals surface area contributed by atoms with Gasteiger partial charge in [-0.25, -0.2) is 8.42 Å². The largest absolute Gasteiger partial charge is 0.379 e. The molecule has 6 nitrogen and oxygen atoms in total. The number of thiophene rings is 1. The van der Waals surface area contributed by atoms with E-state index in [2.05, 4.69) is 23.6 Å². The first-order valence-corrected chi connectivity index (χ1v) is 13.0. The molecule has 2 aromatic carbocycles. The Morgan fingerprint density at radius 1 is 0.938 bits per heavy atom. The molecular weight excluding hydrogens is 444 g/mol. The summed E-state index contributed by atoms with van der Waals surface area (Å²) in [5, 5.41) is 2.08. The fraction of sp³-hybridized carbons (Fsp3) is 0.292. The van der Waals surface area contributed by atoms with E-state index in [-0.39, 0.29) is 16.8 Å². The van der Waals surface area contributed by atoms with E-state index in [4.69, 9.17) is 4.74 Å². The SMILES string of the molecule is O=C(c1ccc(S(=O)(=O)N2CCOCC2)cc1)N1CCc2sccc2[C@H]1c1ccccc1. The van der Waals surface area contributed by atoms with Gasteiger partial charge in [-0.1, -0.05) is 30.3 Å². The van der Waals surface area contributed by atoms with E-state index >= 15 is 0 Å². The summed E-state index contributed by atoms with van der Waals surface area (Å²) in [5.74, 6) is -0.0916. The van der Waals surface area contributed by atoms with Crippen molar-refractivity contribution < 1.29 is 17.9 Å². The molecule has 0 aliphatic carbocycles. The second kappa shape index (κ2) is 8.78. The number of rotatable bonds is 4. The van der Waals surface area contributed by atoms with Crippen molar-refractivity contribution in [1.29, 1.82) is 0 Å². The lowest BCUT2D eigenvalue weighted by molar-refractivity contribution is 0.0696. The standard InChI is InChI=1S/C24H24N2O4S2/c27-24(19-6-8-20(9-7-19)32(28,29)25-13-15-30-16-14-25)26-12-10-22-21(11-17-31-22)23(26)18-4-2-1-3-5-18/h1-9,11,17,23H,10,12-16H2/t23-/m1/s1. The molecule has 3 aromatic rings. The summed E-state index contributed by atoms with van der Waals surface area (Å²) in [7, 11) is -3.59. The molecule has 0 bridgehead atoms. The maximum Gasteiger partial charge on any atom is 0.254 e. The molecule has 1 amide bonds. The lowest BCUT2D eigenvalue weighted by atomic mass is 9.92. The summed E-state index contributed by atoms with van der Waals surface area (Å²) >= 11 is 1.73. The minimum absolute atomic E-state index is 0.0916. The zero-order chi connectivity index (χ0) is 22.1. The molecule has 2 aliphatic rings. The van der Waals surface area contributed by atoms with Crippen molar-refractivity contribution in [2.24, 2.45) is 0 Å². The van der Waals surface area contributed by atoms with Crippen molar-refractivity contribution in [2.45, 2.75) is 17.4 Å². The molecule has 2 aliphatic heterocycles. The zero-order valence-corrected chi connectivity index (χ0v) is 19.1. The average Bonchev–Trinajstić information content (AvgIpc) is 3.33. The van der Waals surface area contributed by atoms with Crippen molar-refractivity contribution in [3.05, 3.63) is 87.6 Å². The topological polar surface area (TPSA) is 66.9 Å². The van der Waals surface area contributed by atoms with Crippen LogP contribution in [-0.2, 0) is 21.2 Å². The van der Waals surface area contributed by atoms with E-state index in [0.29, 0.717) is 38.4 Å². The molecule has 8 heteroatoms. The number of carbonyl (C=O) groups excluding carboxylic acids is 1. The van der Waals surface area contributed by atoms with Gasteiger partial charge in [0.15, 0.2) is 0 Å². The maximum atomic E-state index is 13.5. The van der Waals surface area contributed by atoms with Crippen LogP contribution in [0.5, 0.6) is 0 Å². The van der Waals surface area contributed by atoms with Crippen molar-refractivity contribution in [2.75, 3.05) is 32.8 Å². The summed E-state index contributed by atoms with van der Waals surface area (Å²) in [6.45, 7) is 2.11. The molecule has 0 N–H and O–H groups in total. The number of hydrogen-bond acceptors (Lipinski definition) is 5. The van der Waals surface area contributed by atoms with E-state index < -0.39 is 10.0 Å². The Bertz CT molecular complexity index is 1200. The molecule has 1 aromatic heterocycles. The molecule has 0 unspecified atom stereocenters. The predicted octanol–water partition coefficient (Wildman–Crippen LogP) is 3.56. The van der Waals surface area contributed by atoms with Gasteiger partial charge in [0.05, 0.1) is 24.2 Å². The Morgan fingerprint density at radius 3 is 2.38 bits per heavy atom. The number of fused-ring (bicyclic) bond motifs is 1.